The standard InChI is InChI=1S/C24H32N6O2/c1-4-28-22(31)20-21(29-13-12-25-24(28)29)27-23(26-18-8-6-5-7-9-18)30(20)15-17-10-11-19(32-3)16(2)14-17/h10-11,14,18H,4-9,12-13,15H2,1-3H3,(H,26,27). The number of aromatic nitrogens is 2. The van der Waals surface area contributed by atoms with Gasteiger partial charge >= 0.3 is 0 Å². The number of hydrogen-bond acceptors (Lipinski definition) is 6. The monoisotopic (exact) mass is 436 g/mol. The van der Waals surface area contributed by atoms with Gasteiger partial charge in [0.2, 0.25) is 11.9 Å². The molecule has 0 spiro atoms. The average molecular weight is 437 g/mol. The van der Waals surface area contributed by atoms with Crippen molar-refractivity contribution in [2.24, 2.45) is 4.99 Å². The lowest BCUT2D eigenvalue weighted by molar-refractivity contribution is 0.0836. The second-order valence-electron chi connectivity index (χ2n) is 8.86. The Hall–Kier alpha value is -3.03. The molecule has 32 heavy (non-hydrogen) atoms. The summed E-state index contributed by atoms with van der Waals surface area (Å²) in [6.07, 6.45) is 6.06. The average Bonchev–Trinajstić information content (AvgIpc) is 3.41. The number of nitrogens with zero attached hydrogens (tertiary/aromatic N) is 5. The Morgan fingerprint density at radius 3 is 2.75 bits per heavy atom. The molecule has 5 rings (SSSR count). The maximum atomic E-state index is 13.6. The van der Waals surface area contributed by atoms with E-state index in [-0.39, 0.29) is 5.91 Å². The van der Waals surface area contributed by atoms with E-state index in [4.69, 9.17) is 9.72 Å². The van der Waals surface area contributed by atoms with Gasteiger partial charge in [0.05, 0.1) is 20.2 Å². The summed E-state index contributed by atoms with van der Waals surface area (Å²) in [6.45, 7) is 6.65. The van der Waals surface area contributed by atoms with Crippen molar-refractivity contribution in [3.05, 3.63) is 35.0 Å². The summed E-state index contributed by atoms with van der Waals surface area (Å²) >= 11 is 0. The van der Waals surface area contributed by atoms with E-state index in [0.717, 1.165) is 54.0 Å². The molecule has 0 saturated heterocycles. The smallest absolute Gasteiger partial charge is 0.281 e. The highest BCUT2D eigenvalue weighted by atomic mass is 16.5. The third-order valence-corrected chi connectivity index (χ3v) is 6.77. The Bertz CT molecular complexity index is 1050. The van der Waals surface area contributed by atoms with Crippen LogP contribution in [0.2, 0.25) is 0 Å². The van der Waals surface area contributed by atoms with Gasteiger partial charge in [-0.3, -0.25) is 24.2 Å². The number of hydrogen-bond donors (Lipinski definition) is 1. The molecule has 1 amide bonds. The molecule has 3 heterocycles. The normalized spacial score (nSPS) is 18.5. The number of rotatable bonds is 6. The SMILES string of the molecule is CCN1C(=O)c2c(nc(NC3CCCCC3)n2Cc2ccc(OC)c(C)c2)N2CCN=C12. The largest absolute Gasteiger partial charge is 0.496 e. The second-order valence-corrected chi connectivity index (χ2v) is 8.86. The Balaban J connectivity index is 1.58. The van der Waals surface area contributed by atoms with Crippen molar-refractivity contribution in [3.8, 4) is 5.75 Å². The molecule has 2 aliphatic heterocycles. The predicted molar refractivity (Wildman–Crippen MR) is 126 cm³/mol. The van der Waals surface area contributed by atoms with Crippen molar-refractivity contribution in [2.45, 2.75) is 58.5 Å². The summed E-state index contributed by atoms with van der Waals surface area (Å²) in [6, 6.07) is 6.58. The molecule has 1 aromatic carbocycles. The van der Waals surface area contributed by atoms with E-state index in [1.807, 2.05) is 19.9 Å². The van der Waals surface area contributed by atoms with Gasteiger partial charge in [0.25, 0.3) is 5.91 Å². The fourth-order valence-electron chi connectivity index (χ4n) is 5.13. The third-order valence-electron chi connectivity index (χ3n) is 6.77. The van der Waals surface area contributed by atoms with Gasteiger partial charge in [0.15, 0.2) is 11.5 Å². The van der Waals surface area contributed by atoms with Gasteiger partial charge in [-0.05, 0) is 43.9 Å². The lowest BCUT2D eigenvalue weighted by atomic mass is 9.96. The molecule has 0 bridgehead atoms. The van der Waals surface area contributed by atoms with Crippen LogP contribution in [-0.2, 0) is 6.54 Å². The highest BCUT2D eigenvalue weighted by Crippen LogP contribution is 2.34. The highest BCUT2D eigenvalue weighted by molar-refractivity contribution is 6.18. The number of carbonyl (C=O) groups excluding carboxylic acids is 1. The van der Waals surface area contributed by atoms with E-state index in [9.17, 15) is 4.79 Å². The zero-order valence-corrected chi connectivity index (χ0v) is 19.2. The fraction of sp³-hybridized carbons (Fsp3) is 0.542. The molecule has 0 radical (unpaired) electrons. The summed E-state index contributed by atoms with van der Waals surface area (Å²) in [7, 11) is 1.69. The third kappa shape index (κ3) is 3.51. The molecule has 2 aromatic rings. The minimum absolute atomic E-state index is 0.0196. The number of aliphatic imine (C=N–C) groups is 1. The Kier molecular flexibility index (Phi) is 5.53. The van der Waals surface area contributed by atoms with Crippen molar-refractivity contribution >= 4 is 23.6 Å². The topological polar surface area (TPSA) is 75.0 Å². The highest BCUT2D eigenvalue weighted by Gasteiger charge is 2.41. The molecular weight excluding hydrogens is 404 g/mol. The van der Waals surface area contributed by atoms with Crippen LogP contribution in [0.1, 0.15) is 60.6 Å². The molecule has 8 heteroatoms. The number of nitrogens with one attached hydrogen (secondary N) is 1. The van der Waals surface area contributed by atoms with E-state index >= 15 is 0 Å². The zero-order chi connectivity index (χ0) is 22.2. The van der Waals surface area contributed by atoms with E-state index < -0.39 is 0 Å². The molecular formula is C24H32N6O2. The number of guanidine groups is 1. The van der Waals surface area contributed by atoms with Gasteiger partial charge in [0.1, 0.15) is 5.75 Å². The van der Waals surface area contributed by atoms with Crippen LogP contribution in [-0.4, -0.2) is 59.1 Å². The van der Waals surface area contributed by atoms with Crippen molar-refractivity contribution in [1.29, 1.82) is 0 Å². The van der Waals surface area contributed by atoms with Crippen LogP contribution in [0.3, 0.4) is 0 Å². The molecule has 0 unspecified atom stereocenters. The second kappa shape index (κ2) is 8.48. The van der Waals surface area contributed by atoms with Crippen LogP contribution in [0.5, 0.6) is 5.75 Å². The first-order chi connectivity index (χ1) is 15.6. The minimum atomic E-state index is -0.0196. The first-order valence-corrected chi connectivity index (χ1v) is 11.7. The number of methoxy groups -OCH3 is 1. The van der Waals surface area contributed by atoms with Gasteiger partial charge in [-0.25, -0.2) is 0 Å². The number of aryl methyl sites for hydroxylation is 1. The number of benzene rings is 1. The number of anilines is 2. The van der Waals surface area contributed by atoms with Gasteiger partial charge in [-0.2, -0.15) is 4.98 Å². The summed E-state index contributed by atoms with van der Waals surface area (Å²) in [4.78, 5) is 27.0. The number of carbonyl (C=O) groups is 1. The van der Waals surface area contributed by atoms with E-state index in [1.165, 1.54) is 19.3 Å². The van der Waals surface area contributed by atoms with Gasteiger partial charge < -0.3 is 10.1 Å². The summed E-state index contributed by atoms with van der Waals surface area (Å²) in [5, 5.41) is 3.69. The lowest BCUT2D eigenvalue weighted by Crippen LogP contribution is -2.50. The Morgan fingerprint density at radius 2 is 2.03 bits per heavy atom. The Morgan fingerprint density at radius 1 is 1.22 bits per heavy atom. The minimum Gasteiger partial charge on any atom is -0.496 e. The van der Waals surface area contributed by atoms with Crippen LogP contribution in [0, 0.1) is 6.92 Å². The van der Waals surface area contributed by atoms with E-state index in [2.05, 4.69) is 31.9 Å². The zero-order valence-electron chi connectivity index (χ0n) is 19.2. The van der Waals surface area contributed by atoms with E-state index in [0.29, 0.717) is 31.4 Å². The molecule has 8 nitrogen and oxygen atoms in total. The number of amides is 1. The van der Waals surface area contributed by atoms with Crippen molar-refractivity contribution in [3.63, 3.8) is 0 Å². The number of imidazole rings is 1. The maximum Gasteiger partial charge on any atom is 0.281 e. The van der Waals surface area contributed by atoms with Gasteiger partial charge in [-0.15, -0.1) is 0 Å². The molecule has 170 valence electrons. The number of fused-ring (bicyclic) bond motifs is 3. The van der Waals surface area contributed by atoms with Crippen molar-refractivity contribution < 1.29 is 9.53 Å². The quantitative estimate of drug-likeness (QED) is 0.748. The molecule has 1 aromatic heterocycles. The molecule has 1 aliphatic carbocycles. The maximum absolute atomic E-state index is 13.6. The molecule has 1 saturated carbocycles. The van der Waals surface area contributed by atoms with Crippen molar-refractivity contribution in [2.75, 3.05) is 37.0 Å². The molecule has 1 fully saturated rings. The molecule has 0 atom stereocenters. The van der Waals surface area contributed by atoms with Crippen LogP contribution >= 0.6 is 0 Å². The van der Waals surface area contributed by atoms with E-state index in [1.54, 1.807) is 12.0 Å². The van der Waals surface area contributed by atoms with Gasteiger partial charge in [0, 0.05) is 19.1 Å². The van der Waals surface area contributed by atoms with Gasteiger partial charge in [-0.1, -0.05) is 31.4 Å². The first-order valence-electron chi connectivity index (χ1n) is 11.7. The van der Waals surface area contributed by atoms with Crippen LogP contribution in [0.25, 0.3) is 0 Å². The molecule has 3 aliphatic rings. The fourth-order valence-corrected chi connectivity index (χ4v) is 5.13. The lowest BCUT2D eigenvalue weighted by Gasteiger charge is -2.32. The summed E-state index contributed by atoms with van der Waals surface area (Å²) < 4.78 is 7.51. The molecule has 1 N–H and O–H groups in total. The first kappa shape index (κ1) is 20.8. The van der Waals surface area contributed by atoms with Crippen LogP contribution in [0.4, 0.5) is 11.8 Å². The predicted octanol–water partition coefficient (Wildman–Crippen LogP) is 3.64. The summed E-state index contributed by atoms with van der Waals surface area (Å²) in [5.74, 6) is 3.11. The van der Waals surface area contributed by atoms with Crippen LogP contribution in [0.15, 0.2) is 23.2 Å². The summed E-state index contributed by atoms with van der Waals surface area (Å²) in [5.41, 5.74) is 2.85. The number of ether oxygens (including phenoxy) is 1. The van der Waals surface area contributed by atoms with Crippen molar-refractivity contribution in [1.82, 2.24) is 14.5 Å². The Labute approximate surface area is 189 Å². The van der Waals surface area contributed by atoms with Crippen LogP contribution < -0.4 is 15.0 Å².